The number of rotatable bonds is 5. The van der Waals surface area contributed by atoms with E-state index in [0.717, 1.165) is 17.7 Å². The van der Waals surface area contributed by atoms with Crippen LogP contribution in [0.1, 0.15) is 18.5 Å². The number of carbonyl (C=O) groups excluding carboxylic acids is 1. The van der Waals surface area contributed by atoms with Gasteiger partial charge in [-0.25, -0.2) is 9.67 Å². The lowest BCUT2D eigenvalue weighted by atomic mass is 10.1. The topological polar surface area (TPSA) is 85.8 Å². The van der Waals surface area contributed by atoms with Crippen molar-refractivity contribution in [1.29, 1.82) is 0 Å². The monoisotopic (exact) mass is 259 g/mol. The Bertz CT molecular complexity index is 520. The highest BCUT2D eigenvalue weighted by molar-refractivity contribution is 5.79. The van der Waals surface area contributed by atoms with Crippen molar-refractivity contribution < 1.29 is 4.79 Å². The fourth-order valence-corrected chi connectivity index (χ4v) is 1.70. The molecule has 0 saturated heterocycles. The Morgan fingerprint density at radius 2 is 2.16 bits per heavy atom. The zero-order valence-corrected chi connectivity index (χ0v) is 10.8. The van der Waals surface area contributed by atoms with Gasteiger partial charge in [0.2, 0.25) is 5.91 Å². The van der Waals surface area contributed by atoms with Crippen molar-refractivity contribution in [2.75, 3.05) is 12.3 Å². The Morgan fingerprint density at radius 3 is 2.79 bits per heavy atom. The molecule has 19 heavy (non-hydrogen) atoms. The van der Waals surface area contributed by atoms with Gasteiger partial charge in [-0.3, -0.25) is 4.79 Å². The standard InChI is InChI=1S/C13H17N5O/c1-10(18-9-15-8-17-18)13(19)16-7-6-11-2-4-12(14)5-3-11/h2-5,8-10H,6-7,14H2,1H3,(H,16,19). The molecule has 0 aliphatic carbocycles. The summed E-state index contributed by atoms with van der Waals surface area (Å²) in [6.45, 7) is 2.37. The summed E-state index contributed by atoms with van der Waals surface area (Å²) < 4.78 is 1.53. The maximum absolute atomic E-state index is 11.9. The van der Waals surface area contributed by atoms with E-state index in [0.29, 0.717) is 6.54 Å². The minimum absolute atomic E-state index is 0.0686. The molecular formula is C13H17N5O. The fourth-order valence-electron chi connectivity index (χ4n) is 1.70. The first kappa shape index (κ1) is 13.1. The highest BCUT2D eigenvalue weighted by Gasteiger charge is 2.14. The van der Waals surface area contributed by atoms with Gasteiger partial charge < -0.3 is 11.1 Å². The van der Waals surface area contributed by atoms with E-state index >= 15 is 0 Å². The Morgan fingerprint density at radius 1 is 1.42 bits per heavy atom. The van der Waals surface area contributed by atoms with Crippen molar-refractivity contribution in [3.63, 3.8) is 0 Å². The van der Waals surface area contributed by atoms with Gasteiger partial charge in [0, 0.05) is 12.2 Å². The second-order valence-corrected chi connectivity index (χ2v) is 4.33. The van der Waals surface area contributed by atoms with Gasteiger partial charge in [0.25, 0.3) is 0 Å². The average Bonchev–Trinajstić information content (AvgIpc) is 2.94. The molecule has 6 nitrogen and oxygen atoms in total. The first-order chi connectivity index (χ1) is 9.16. The molecule has 0 radical (unpaired) electrons. The smallest absolute Gasteiger partial charge is 0.244 e. The minimum Gasteiger partial charge on any atom is -0.399 e. The van der Waals surface area contributed by atoms with E-state index in [-0.39, 0.29) is 11.9 Å². The lowest BCUT2D eigenvalue weighted by molar-refractivity contribution is -0.124. The molecule has 3 N–H and O–H groups in total. The third kappa shape index (κ3) is 3.54. The molecule has 0 spiro atoms. The lowest BCUT2D eigenvalue weighted by Crippen LogP contribution is -2.32. The van der Waals surface area contributed by atoms with Crippen LogP contribution in [0.5, 0.6) is 0 Å². The van der Waals surface area contributed by atoms with Crippen LogP contribution in [-0.2, 0) is 11.2 Å². The molecule has 1 aromatic heterocycles. The second-order valence-electron chi connectivity index (χ2n) is 4.33. The number of nitrogens with zero attached hydrogens (tertiary/aromatic N) is 3. The average molecular weight is 259 g/mol. The van der Waals surface area contributed by atoms with E-state index in [1.807, 2.05) is 24.3 Å². The van der Waals surface area contributed by atoms with E-state index in [9.17, 15) is 4.79 Å². The third-order valence-corrected chi connectivity index (χ3v) is 2.91. The maximum Gasteiger partial charge on any atom is 0.244 e. The number of amides is 1. The molecule has 2 aromatic rings. The number of nitrogens with two attached hydrogens (primary N) is 1. The lowest BCUT2D eigenvalue weighted by Gasteiger charge is -2.12. The third-order valence-electron chi connectivity index (χ3n) is 2.91. The van der Waals surface area contributed by atoms with E-state index in [1.54, 1.807) is 6.92 Å². The van der Waals surface area contributed by atoms with E-state index in [2.05, 4.69) is 15.4 Å². The Labute approximate surface area is 111 Å². The first-order valence-electron chi connectivity index (χ1n) is 6.13. The van der Waals surface area contributed by atoms with Crippen molar-refractivity contribution in [1.82, 2.24) is 20.1 Å². The Hall–Kier alpha value is -2.37. The van der Waals surface area contributed by atoms with Crippen LogP contribution in [0.15, 0.2) is 36.9 Å². The summed E-state index contributed by atoms with van der Waals surface area (Å²) in [6.07, 6.45) is 3.72. The van der Waals surface area contributed by atoms with Crippen LogP contribution in [0.3, 0.4) is 0 Å². The predicted octanol–water partition coefficient (Wildman–Crippen LogP) is 0.780. The van der Waals surface area contributed by atoms with Crippen LogP contribution in [-0.4, -0.2) is 27.2 Å². The van der Waals surface area contributed by atoms with Crippen LogP contribution >= 0.6 is 0 Å². The Kier molecular flexibility index (Phi) is 4.12. The van der Waals surface area contributed by atoms with Crippen LogP contribution in [0.2, 0.25) is 0 Å². The van der Waals surface area contributed by atoms with Gasteiger partial charge in [-0.15, -0.1) is 0 Å². The van der Waals surface area contributed by atoms with E-state index in [4.69, 9.17) is 5.73 Å². The van der Waals surface area contributed by atoms with Gasteiger partial charge >= 0.3 is 0 Å². The minimum atomic E-state index is -0.353. The number of benzene rings is 1. The quantitative estimate of drug-likeness (QED) is 0.777. The second kappa shape index (κ2) is 5.99. The first-order valence-corrected chi connectivity index (χ1v) is 6.13. The summed E-state index contributed by atoms with van der Waals surface area (Å²) in [7, 11) is 0. The zero-order valence-electron chi connectivity index (χ0n) is 10.8. The fraction of sp³-hybridized carbons (Fsp3) is 0.308. The largest absolute Gasteiger partial charge is 0.399 e. The molecule has 0 aliphatic heterocycles. The molecule has 1 amide bonds. The van der Waals surface area contributed by atoms with E-state index < -0.39 is 0 Å². The highest BCUT2D eigenvalue weighted by atomic mass is 16.2. The molecular weight excluding hydrogens is 242 g/mol. The number of carbonyl (C=O) groups is 1. The summed E-state index contributed by atoms with van der Waals surface area (Å²) in [4.78, 5) is 15.7. The molecule has 1 heterocycles. The van der Waals surface area contributed by atoms with E-state index in [1.165, 1.54) is 17.3 Å². The number of anilines is 1. The highest BCUT2D eigenvalue weighted by Crippen LogP contribution is 2.06. The number of hydrogen-bond acceptors (Lipinski definition) is 4. The summed E-state index contributed by atoms with van der Waals surface area (Å²) in [6, 6.07) is 7.28. The van der Waals surface area contributed by atoms with Crippen LogP contribution in [0, 0.1) is 0 Å². The molecule has 100 valence electrons. The summed E-state index contributed by atoms with van der Waals surface area (Å²) in [5.74, 6) is -0.0686. The van der Waals surface area contributed by atoms with Crippen molar-refractivity contribution in [3.8, 4) is 0 Å². The summed E-state index contributed by atoms with van der Waals surface area (Å²) in [5, 5.41) is 6.82. The molecule has 0 bridgehead atoms. The summed E-state index contributed by atoms with van der Waals surface area (Å²) >= 11 is 0. The van der Waals surface area contributed by atoms with Gasteiger partial charge in [0.05, 0.1) is 0 Å². The molecule has 0 fully saturated rings. The molecule has 0 aliphatic rings. The van der Waals surface area contributed by atoms with Crippen LogP contribution in [0.4, 0.5) is 5.69 Å². The van der Waals surface area contributed by atoms with Gasteiger partial charge in [-0.1, -0.05) is 12.1 Å². The van der Waals surface area contributed by atoms with Crippen LogP contribution in [0.25, 0.3) is 0 Å². The van der Waals surface area contributed by atoms with Gasteiger partial charge in [-0.05, 0) is 31.0 Å². The number of nitrogens with one attached hydrogen (secondary N) is 1. The van der Waals surface area contributed by atoms with Gasteiger partial charge in [0.15, 0.2) is 0 Å². The molecule has 0 saturated carbocycles. The predicted molar refractivity (Wildman–Crippen MR) is 72.3 cm³/mol. The van der Waals surface area contributed by atoms with Crippen molar-refractivity contribution in [2.45, 2.75) is 19.4 Å². The summed E-state index contributed by atoms with van der Waals surface area (Å²) in [5.41, 5.74) is 7.50. The van der Waals surface area contributed by atoms with Crippen LogP contribution < -0.4 is 11.1 Å². The number of nitrogen functional groups attached to an aromatic ring is 1. The van der Waals surface area contributed by atoms with Crippen molar-refractivity contribution in [3.05, 3.63) is 42.5 Å². The van der Waals surface area contributed by atoms with Crippen molar-refractivity contribution in [2.24, 2.45) is 0 Å². The SMILES string of the molecule is CC(C(=O)NCCc1ccc(N)cc1)n1cncn1. The number of aromatic nitrogens is 3. The molecule has 1 aromatic carbocycles. The maximum atomic E-state index is 11.9. The zero-order chi connectivity index (χ0) is 13.7. The number of hydrogen-bond donors (Lipinski definition) is 2. The normalized spacial score (nSPS) is 12.1. The van der Waals surface area contributed by atoms with Crippen molar-refractivity contribution >= 4 is 11.6 Å². The van der Waals surface area contributed by atoms with Gasteiger partial charge in [-0.2, -0.15) is 5.10 Å². The van der Waals surface area contributed by atoms with Gasteiger partial charge in [0.1, 0.15) is 18.7 Å². The molecule has 1 unspecified atom stereocenters. The molecule has 2 rings (SSSR count). The molecule has 6 heteroatoms. The Balaban J connectivity index is 1.79. The molecule has 1 atom stereocenters.